The van der Waals surface area contributed by atoms with Crippen LogP contribution in [0.25, 0.3) is 0 Å². The van der Waals surface area contributed by atoms with E-state index in [2.05, 4.69) is 13.5 Å². The van der Waals surface area contributed by atoms with Gasteiger partial charge >= 0.3 is 11.9 Å². The third kappa shape index (κ3) is 2.92. The van der Waals surface area contributed by atoms with Gasteiger partial charge in [-0.3, -0.25) is 4.79 Å². The van der Waals surface area contributed by atoms with Gasteiger partial charge in [-0.2, -0.15) is 0 Å². The Labute approximate surface area is 148 Å². The molecule has 1 heterocycles. The van der Waals surface area contributed by atoms with Crippen molar-refractivity contribution in [2.45, 2.75) is 65.1 Å². The largest absolute Gasteiger partial charge is 0.481 e. The van der Waals surface area contributed by atoms with Gasteiger partial charge < -0.3 is 14.9 Å². The molecule has 3 aliphatic rings. The fourth-order valence-electron chi connectivity index (χ4n) is 5.68. The Hall–Kier alpha value is -1.62. The second-order valence-electron chi connectivity index (χ2n) is 8.41. The summed E-state index contributed by atoms with van der Waals surface area (Å²) in [6, 6.07) is 0. The number of allylic oxidation sites excluding steroid dienone is 1. The molecule has 25 heavy (non-hydrogen) atoms. The summed E-state index contributed by atoms with van der Waals surface area (Å²) in [5.41, 5.74) is 0.888. The molecule has 5 nitrogen and oxygen atoms in total. The van der Waals surface area contributed by atoms with E-state index in [1.165, 1.54) is 11.6 Å². The fraction of sp³-hybridized carbons (Fsp3) is 0.700. The molecule has 2 aliphatic carbocycles. The molecule has 0 saturated heterocycles. The molecule has 5 heteroatoms. The van der Waals surface area contributed by atoms with Crippen molar-refractivity contribution < 1.29 is 24.5 Å². The lowest BCUT2D eigenvalue weighted by atomic mass is 9.46. The predicted molar refractivity (Wildman–Crippen MR) is 92.5 cm³/mol. The van der Waals surface area contributed by atoms with Crippen molar-refractivity contribution in [3.63, 3.8) is 0 Å². The summed E-state index contributed by atoms with van der Waals surface area (Å²) in [6.45, 7) is 8.38. The number of rotatable bonds is 4. The molecule has 2 saturated carbocycles. The molecule has 2 N–H and O–H groups in total. The maximum Gasteiger partial charge on any atom is 0.336 e. The van der Waals surface area contributed by atoms with E-state index in [0.717, 1.165) is 38.5 Å². The van der Waals surface area contributed by atoms with Gasteiger partial charge in [-0.15, -0.1) is 0 Å². The summed E-state index contributed by atoms with van der Waals surface area (Å²) in [6.07, 6.45) is 5.96. The number of aliphatic hydroxyl groups excluding tert-OH is 1. The second kappa shape index (κ2) is 6.27. The molecule has 0 amide bonds. The van der Waals surface area contributed by atoms with E-state index in [0.29, 0.717) is 12.0 Å². The molecule has 0 aromatic heterocycles. The molecule has 1 aliphatic heterocycles. The van der Waals surface area contributed by atoms with Crippen molar-refractivity contribution in [3.8, 4) is 0 Å². The first-order chi connectivity index (χ1) is 11.7. The minimum atomic E-state index is -1.13. The van der Waals surface area contributed by atoms with E-state index in [1.54, 1.807) is 0 Å². The highest BCUT2D eigenvalue weighted by Gasteiger charge is 2.57. The van der Waals surface area contributed by atoms with E-state index in [1.807, 2.05) is 6.92 Å². The fourth-order valence-corrected chi connectivity index (χ4v) is 5.68. The summed E-state index contributed by atoms with van der Waals surface area (Å²) < 4.78 is 4.76. The highest BCUT2D eigenvalue weighted by Crippen LogP contribution is 2.62. The van der Waals surface area contributed by atoms with Gasteiger partial charge in [-0.05, 0) is 68.8 Å². The Morgan fingerprint density at radius 1 is 1.40 bits per heavy atom. The van der Waals surface area contributed by atoms with E-state index < -0.39 is 23.6 Å². The van der Waals surface area contributed by atoms with Gasteiger partial charge in [0.15, 0.2) is 0 Å². The van der Waals surface area contributed by atoms with Crippen LogP contribution < -0.4 is 0 Å². The van der Waals surface area contributed by atoms with Crippen LogP contribution in [-0.2, 0) is 14.3 Å². The van der Waals surface area contributed by atoms with Crippen LogP contribution in [0.4, 0.5) is 0 Å². The van der Waals surface area contributed by atoms with Crippen molar-refractivity contribution in [1.29, 1.82) is 0 Å². The number of ether oxygens (including phenoxy) is 1. The van der Waals surface area contributed by atoms with Gasteiger partial charge in [0.05, 0.1) is 5.41 Å². The number of carbonyl (C=O) groups excluding carboxylic acids is 1. The Kier molecular flexibility index (Phi) is 4.56. The third-order valence-corrected chi connectivity index (χ3v) is 7.04. The van der Waals surface area contributed by atoms with Gasteiger partial charge in [0.2, 0.25) is 6.29 Å². The van der Waals surface area contributed by atoms with Gasteiger partial charge in [0.25, 0.3) is 0 Å². The zero-order valence-corrected chi connectivity index (χ0v) is 15.1. The van der Waals surface area contributed by atoms with Crippen LogP contribution in [-0.4, -0.2) is 28.4 Å². The zero-order chi connectivity index (χ0) is 18.4. The lowest BCUT2D eigenvalue weighted by Crippen LogP contribution is -2.53. The minimum Gasteiger partial charge on any atom is -0.481 e. The normalized spacial score (nSPS) is 41.1. The van der Waals surface area contributed by atoms with Crippen LogP contribution in [0, 0.1) is 22.7 Å². The zero-order valence-electron chi connectivity index (χ0n) is 15.1. The van der Waals surface area contributed by atoms with Crippen molar-refractivity contribution in [1.82, 2.24) is 0 Å². The van der Waals surface area contributed by atoms with Gasteiger partial charge in [0.1, 0.15) is 0 Å². The number of carboxylic acids is 1. The van der Waals surface area contributed by atoms with E-state index in [4.69, 9.17) is 4.74 Å². The average molecular weight is 348 g/mol. The monoisotopic (exact) mass is 348 g/mol. The number of hydrogen-bond donors (Lipinski definition) is 2. The van der Waals surface area contributed by atoms with Crippen LogP contribution in [0.5, 0.6) is 0 Å². The number of cyclic esters (lactones) is 1. The molecule has 2 unspecified atom stereocenters. The van der Waals surface area contributed by atoms with E-state index >= 15 is 0 Å². The molecule has 0 bridgehead atoms. The number of aliphatic carboxylic acids is 1. The molecule has 2 fully saturated rings. The standard InChI is InChI=1S/C20H28O5/c1-12-5-8-15-19(2,9-4-10-20(15,3)18(23)24)14(12)7-6-13-11-16(21)25-17(13)22/h11,14-16,21H,1,4-10H2,2-3H3,(H,23,24)/t14-,15?,16?,19+,20-/m0/s1. The summed E-state index contributed by atoms with van der Waals surface area (Å²) in [5, 5.41) is 19.3. The lowest BCUT2D eigenvalue weighted by molar-refractivity contribution is -0.164. The highest BCUT2D eigenvalue weighted by molar-refractivity contribution is 5.90. The quantitative estimate of drug-likeness (QED) is 0.601. The third-order valence-electron chi connectivity index (χ3n) is 7.04. The number of hydrogen-bond acceptors (Lipinski definition) is 4. The first-order valence-electron chi connectivity index (χ1n) is 9.19. The minimum absolute atomic E-state index is 0.109. The molecule has 0 radical (unpaired) electrons. The number of carboxylic acid groups (broad SMARTS) is 1. The first kappa shape index (κ1) is 18.2. The SMILES string of the molecule is C=C1CCC2[C@](C)(CCC[C@]2(C)C(=O)O)[C@H]1CCC1=CC(O)OC1=O. The Bertz CT molecular complexity index is 636. The maximum atomic E-state index is 12.0. The number of aliphatic hydroxyl groups is 1. The Morgan fingerprint density at radius 2 is 2.12 bits per heavy atom. The molecule has 0 aromatic rings. The van der Waals surface area contributed by atoms with Crippen molar-refractivity contribution in [3.05, 3.63) is 23.8 Å². The summed E-state index contributed by atoms with van der Waals surface area (Å²) in [4.78, 5) is 23.7. The van der Waals surface area contributed by atoms with Gasteiger partial charge in [0, 0.05) is 5.57 Å². The summed E-state index contributed by atoms with van der Waals surface area (Å²) in [5.74, 6) is -0.831. The number of esters is 1. The van der Waals surface area contributed by atoms with Crippen LogP contribution in [0.3, 0.4) is 0 Å². The van der Waals surface area contributed by atoms with E-state index in [-0.39, 0.29) is 17.3 Å². The maximum absolute atomic E-state index is 12.0. The number of fused-ring (bicyclic) bond motifs is 1. The van der Waals surface area contributed by atoms with Crippen molar-refractivity contribution in [2.75, 3.05) is 0 Å². The van der Waals surface area contributed by atoms with Crippen LogP contribution in [0.2, 0.25) is 0 Å². The van der Waals surface area contributed by atoms with Crippen LogP contribution in [0.15, 0.2) is 23.8 Å². The molecular weight excluding hydrogens is 320 g/mol. The molecule has 5 atom stereocenters. The van der Waals surface area contributed by atoms with Gasteiger partial charge in [-0.25, -0.2) is 4.79 Å². The number of carbonyl (C=O) groups is 2. The van der Waals surface area contributed by atoms with Crippen LogP contribution in [0.1, 0.15) is 58.8 Å². The topological polar surface area (TPSA) is 83.8 Å². The molecule has 0 aromatic carbocycles. The van der Waals surface area contributed by atoms with Crippen LogP contribution >= 0.6 is 0 Å². The predicted octanol–water partition coefficient (Wildman–Crippen LogP) is 3.43. The highest BCUT2D eigenvalue weighted by atomic mass is 16.6. The molecule has 0 spiro atoms. The van der Waals surface area contributed by atoms with E-state index in [9.17, 15) is 19.8 Å². The average Bonchev–Trinajstić information content (AvgIpc) is 2.84. The smallest absolute Gasteiger partial charge is 0.336 e. The molecule has 3 rings (SSSR count). The summed E-state index contributed by atoms with van der Waals surface area (Å²) in [7, 11) is 0. The van der Waals surface area contributed by atoms with Gasteiger partial charge in [-0.1, -0.05) is 25.5 Å². The molecular formula is C20H28O5. The lowest BCUT2D eigenvalue weighted by Gasteiger charge is -2.57. The Balaban J connectivity index is 1.83. The first-order valence-corrected chi connectivity index (χ1v) is 9.19. The van der Waals surface area contributed by atoms with Crippen molar-refractivity contribution >= 4 is 11.9 Å². The Morgan fingerprint density at radius 3 is 2.72 bits per heavy atom. The van der Waals surface area contributed by atoms with Crippen molar-refractivity contribution in [2.24, 2.45) is 22.7 Å². The second-order valence-corrected chi connectivity index (χ2v) is 8.41. The molecule has 138 valence electrons. The summed E-state index contributed by atoms with van der Waals surface area (Å²) >= 11 is 0.